The van der Waals surface area contributed by atoms with Gasteiger partial charge < -0.3 is 10.2 Å². The molecule has 0 radical (unpaired) electrons. The van der Waals surface area contributed by atoms with Crippen LogP contribution in [0.2, 0.25) is 0 Å². The van der Waals surface area contributed by atoms with E-state index < -0.39 is 0 Å². The topological polar surface area (TPSA) is 40.5 Å². The van der Waals surface area contributed by atoms with E-state index >= 15 is 0 Å². The summed E-state index contributed by atoms with van der Waals surface area (Å²) in [4.78, 5) is 0. The zero-order valence-electron chi connectivity index (χ0n) is 23.7. The number of hydrogen-bond donors (Lipinski definition) is 2. The van der Waals surface area contributed by atoms with Gasteiger partial charge in [0.25, 0.3) is 0 Å². The lowest BCUT2D eigenvalue weighted by molar-refractivity contribution is 0.147. The summed E-state index contributed by atoms with van der Waals surface area (Å²) in [5.41, 5.74) is 0.210. The molecule has 0 aromatic carbocycles. The Hall–Kier alpha value is 0.620. The van der Waals surface area contributed by atoms with E-state index in [9.17, 15) is 10.2 Å². The van der Waals surface area contributed by atoms with Gasteiger partial charge in [-0.1, -0.05) is 80.1 Å². The molecule has 4 unspecified atom stereocenters. The number of thioether (sulfide) groups is 2. The van der Waals surface area contributed by atoms with E-state index in [1.54, 1.807) is 0 Å². The molecule has 0 aromatic rings. The molecular formula is C30H60O2S2. The Balaban J connectivity index is 0.00000281. The lowest BCUT2D eigenvalue weighted by Gasteiger charge is -2.32. The van der Waals surface area contributed by atoms with Gasteiger partial charge in [0.05, 0.1) is 0 Å². The summed E-state index contributed by atoms with van der Waals surface area (Å²) in [6.07, 6.45) is 21.8. The summed E-state index contributed by atoms with van der Waals surface area (Å²) >= 11 is 4.65. The molecule has 2 aliphatic rings. The molecule has 0 amide bonds. The number of hydrogen-bond acceptors (Lipinski definition) is 4. The summed E-state index contributed by atoms with van der Waals surface area (Å²) in [6.45, 7) is 13.4. The van der Waals surface area contributed by atoms with E-state index in [-0.39, 0.29) is 10.8 Å². The predicted octanol–water partition coefficient (Wildman–Crippen LogP) is 9.26. The Labute approximate surface area is 222 Å². The van der Waals surface area contributed by atoms with Crippen LogP contribution < -0.4 is 0 Å². The largest absolute Gasteiger partial charge is 0.396 e. The van der Waals surface area contributed by atoms with E-state index in [4.69, 9.17) is 0 Å². The van der Waals surface area contributed by atoms with Crippen LogP contribution in [0.3, 0.4) is 0 Å². The standard InChI is InChI=1S/C28H54O2S2.C2H6/c1-27(2,21-29)19-7-5-11-23-13-9-15-25(31-23)17-18-26-16-10-14-24(32-26)12-6-8-20-28(3,4)22-30;1-2/h23-26,29-30H,5-22H2,1-4H3;1-2H3. The van der Waals surface area contributed by atoms with Gasteiger partial charge in [0.1, 0.15) is 0 Å². The molecule has 2 N–H and O–H groups in total. The van der Waals surface area contributed by atoms with Gasteiger partial charge >= 0.3 is 0 Å². The predicted molar refractivity (Wildman–Crippen MR) is 157 cm³/mol. The number of unbranched alkanes of at least 4 members (excludes halogenated alkanes) is 2. The second-order valence-corrected chi connectivity index (χ2v) is 15.5. The molecule has 2 rings (SSSR count). The highest BCUT2D eigenvalue weighted by Gasteiger charge is 2.26. The van der Waals surface area contributed by atoms with Crippen LogP contribution in [-0.2, 0) is 0 Å². The van der Waals surface area contributed by atoms with Crippen molar-refractivity contribution in [1.82, 2.24) is 0 Å². The van der Waals surface area contributed by atoms with Gasteiger partial charge in [-0.05, 0) is 75.0 Å². The zero-order valence-corrected chi connectivity index (χ0v) is 25.4. The first-order valence-electron chi connectivity index (χ1n) is 14.8. The first kappa shape index (κ1) is 32.6. The highest BCUT2D eigenvalue weighted by Crippen LogP contribution is 2.41. The van der Waals surface area contributed by atoms with Gasteiger partial charge in [-0.15, -0.1) is 0 Å². The van der Waals surface area contributed by atoms with Gasteiger partial charge in [0, 0.05) is 34.2 Å². The van der Waals surface area contributed by atoms with Crippen LogP contribution in [0.15, 0.2) is 0 Å². The third-order valence-electron chi connectivity index (χ3n) is 7.80. The molecule has 4 heteroatoms. The van der Waals surface area contributed by atoms with Gasteiger partial charge in [0.2, 0.25) is 0 Å². The average molecular weight is 517 g/mol. The number of rotatable bonds is 15. The monoisotopic (exact) mass is 516 g/mol. The minimum atomic E-state index is 0.105. The van der Waals surface area contributed by atoms with Crippen molar-refractivity contribution in [2.45, 2.75) is 165 Å². The molecule has 34 heavy (non-hydrogen) atoms. The molecular weight excluding hydrogens is 456 g/mol. The summed E-state index contributed by atoms with van der Waals surface area (Å²) in [5.74, 6) is 0. The van der Waals surface area contributed by atoms with E-state index in [1.165, 1.54) is 89.9 Å². The molecule has 0 aliphatic carbocycles. The molecule has 2 fully saturated rings. The second-order valence-electron chi connectivity index (χ2n) is 12.3. The quantitative estimate of drug-likeness (QED) is 0.213. The van der Waals surface area contributed by atoms with Crippen LogP contribution in [0.4, 0.5) is 0 Å². The van der Waals surface area contributed by atoms with Crippen LogP contribution in [-0.4, -0.2) is 44.4 Å². The smallest absolute Gasteiger partial charge is 0.0482 e. The van der Waals surface area contributed by atoms with Crippen molar-refractivity contribution in [3.05, 3.63) is 0 Å². The van der Waals surface area contributed by atoms with E-state index in [0.29, 0.717) is 13.2 Å². The number of aliphatic hydroxyl groups is 2. The second kappa shape index (κ2) is 18.0. The molecule has 0 saturated carbocycles. The van der Waals surface area contributed by atoms with Crippen LogP contribution in [0.1, 0.15) is 144 Å². The fraction of sp³-hybridized carbons (Fsp3) is 1.00. The highest BCUT2D eigenvalue weighted by atomic mass is 32.2. The van der Waals surface area contributed by atoms with E-state index in [0.717, 1.165) is 33.8 Å². The van der Waals surface area contributed by atoms with Crippen LogP contribution in [0.25, 0.3) is 0 Å². The summed E-state index contributed by atoms with van der Waals surface area (Å²) < 4.78 is 0. The Morgan fingerprint density at radius 1 is 0.559 bits per heavy atom. The first-order valence-corrected chi connectivity index (χ1v) is 16.6. The Morgan fingerprint density at radius 3 is 1.21 bits per heavy atom. The Morgan fingerprint density at radius 2 is 0.882 bits per heavy atom. The normalized spacial score (nSPS) is 26.1. The fourth-order valence-corrected chi connectivity index (χ4v) is 8.74. The van der Waals surface area contributed by atoms with Gasteiger partial charge in [0.15, 0.2) is 0 Å². The summed E-state index contributed by atoms with van der Waals surface area (Å²) in [5, 5.41) is 22.5. The summed E-state index contributed by atoms with van der Waals surface area (Å²) in [7, 11) is 0. The lowest BCUT2D eigenvalue weighted by Crippen LogP contribution is -2.22. The minimum Gasteiger partial charge on any atom is -0.396 e. The maximum atomic E-state index is 9.44. The zero-order chi connectivity index (χ0) is 25.5. The average Bonchev–Trinajstić information content (AvgIpc) is 2.85. The van der Waals surface area contributed by atoms with Crippen molar-refractivity contribution in [3.63, 3.8) is 0 Å². The van der Waals surface area contributed by atoms with Gasteiger partial charge in [-0.25, -0.2) is 0 Å². The lowest BCUT2D eigenvalue weighted by atomic mass is 9.88. The molecule has 2 saturated heterocycles. The molecule has 0 bridgehead atoms. The van der Waals surface area contributed by atoms with E-state index in [1.807, 2.05) is 13.8 Å². The number of aliphatic hydroxyl groups excluding tert-OH is 2. The molecule has 204 valence electrons. The Bertz CT molecular complexity index is 450. The van der Waals surface area contributed by atoms with Crippen LogP contribution >= 0.6 is 23.5 Å². The summed E-state index contributed by atoms with van der Waals surface area (Å²) in [6, 6.07) is 0. The molecule has 2 aliphatic heterocycles. The molecule has 2 nitrogen and oxygen atoms in total. The third kappa shape index (κ3) is 14.4. The van der Waals surface area contributed by atoms with Crippen LogP contribution in [0, 0.1) is 10.8 Å². The molecule has 0 spiro atoms. The van der Waals surface area contributed by atoms with Crippen molar-refractivity contribution in [2.24, 2.45) is 10.8 Å². The van der Waals surface area contributed by atoms with Crippen molar-refractivity contribution in [1.29, 1.82) is 0 Å². The third-order valence-corrected chi connectivity index (χ3v) is 11.2. The van der Waals surface area contributed by atoms with Crippen molar-refractivity contribution >= 4 is 23.5 Å². The highest BCUT2D eigenvalue weighted by molar-refractivity contribution is 8.00. The van der Waals surface area contributed by atoms with E-state index in [2.05, 4.69) is 51.2 Å². The Kier molecular flexibility index (Phi) is 17.3. The van der Waals surface area contributed by atoms with Crippen molar-refractivity contribution < 1.29 is 10.2 Å². The van der Waals surface area contributed by atoms with Crippen LogP contribution in [0.5, 0.6) is 0 Å². The fourth-order valence-electron chi connectivity index (χ4n) is 5.29. The maximum absolute atomic E-state index is 9.44. The van der Waals surface area contributed by atoms with Crippen molar-refractivity contribution in [3.8, 4) is 0 Å². The SMILES string of the molecule is CC.CC(C)(CO)CCCCC1CCCC(CCC2CCCC(CCCCC(C)(C)CO)S2)S1. The van der Waals surface area contributed by atoms with Gasteiger partial charge in [-0.3, -0.25) is 0 Å². The van der Waals surface area contributed by atoms with Crippen molar-refractivity contribution in [2.75, 3.05) is 13.2 Å². The molecule has 2 heterocycles. The molecule has 0 aromatic heterocycles. The maximum Gasteiger partial charge on any atom is 0.0482 e. The van der Waals surface area contributed by atoms with Gasteiger partial charge in [-0.2, -0.15) is 23.5 Å². The first-order chi connectivity index (χ1) is 16.2. The minimum absolute atomic E-state index is 0.105. The molecule has 4 atom stereocenters.